The third kappa shape index (κ3) is 3.60. The van der Waals surface area contributed by atoms with Gasteiger partial charge in [0.2, 0.25) is 10.0 Å². The van der Waals surface area contributed by atoms with Gasteiger partial charge in [-0.05, 0) is 12.1 Å². The number of nitrogens with one attached hydrogen (secondary N) is 1. The van der Waals surface area contributed by atoms with E-state index in [1.165, 1.54) is 24.5 Å². The van der Waals surface area contributed by atoms with Gasteiger partial charge in [0.1, 0.15) is 10.6 Å². The Morgan fingerprint density at radius 2 is 2.25 bits per heavy atom. The minimum Gasteiger partial charge on any atom is -0.495 e. The first-order valence-corrected chi connectivity index (χ1v) is 8.19. The predicted molar refractivity (Wildman–Crippen MR) is 78.8 cm³/mol. The third-order valence-corrected chi connectivity index (χ3v) is 4.53. The van der Waals surface area contributed by atoms with E-state index in [1.807, 2.05) is 0 Å². The van der Waals surface area contributed by atoms with Crippen LogP contribution in [0.2, 0.25) is 4.47 Å². The molecule has 0 radical (unpaired) electrons. The van der Waals surface area contributed by atoms with Crippen LogP contribution in [0.15, 0.2) is 29.3 Å². The maximum Gasteiger partial charge on any atom is 0.241 e. The smallest absolute Gasteiger partial charge is 0.241 e. The van der Waals surface area contributed by atoms with Crippen LogP contribution in [0, 0.1) is 0 Å². The lowest BCUT2D eigenvalue weighted by Gasteiger charge is -2.10. The van der Waals surface area contributed by atoms with E-state index in [-0.39, 0.29) is 10.6 Å². The second kappa shape index (κ2) is 5.96. The van der Waals surface area contributed by atoms with Crippen LogP contribution < -0.4 is 15.2 Å². The number of aromatic nitrogens is 1. The number of hydrogen-bond acceptors (Lipinski definition) is 6. The van der Waals surface area contributed by atoms with Gasteiger partial charge >= 0.3 is 0 Å². The van der Waals surface area contributed by atoms with Gasteiger partial charge < -0.3 is 10.1 Å². The van der Waals surface area contributed by atoms with Gasteiger partial charge in [-0.1, -0.05) is 11.6 Å². The van der Waals surface area contributed by atoms with Gasteiger partial charge in [0.25, 0.3) is 0 Å². The summed E-state index contributed by atoms with van der Waals surface area (Å²) in [6.07, 6.45) is 1.68. The van der Waals surface area contributed by atoms with E-state index in [2.05, 4.69) is 10.3 Å². The summed E-state index contributed by atoms with van der Waals surface area (Å²) >= 11 is 7.11. The van der Waals surface area contributed by atoms with Crippen LogP contribution in [0.4, 0.5) is 5.69 Å². The number of anilines is 1. The first kappa shape index (κ1) is 15.0. The normalized spacial score (nSPS) is 11.3. The Morgan fingerprint density at radius 3 is 2.80 bits per heavy atom. The summed E-state index contributed by atoms with van der Waals surface area (Å²) < 4.78 is 28.2. The van der Waals surface area contributed by atoms with Crippen LogP contribution in [0.3, 0.4) is 0 Å². The molecule has 0 fully saturated rings. The highest BCUT2D eigenvalue weighted by Gasteiger charge is 2.15. The van der Waals surface area contributed by atoms with Gasteiger partial charge in [-0.15, -0.1) is 11.3 Å². The van der Waals surface area contributed by atoms with E-state index in [0.717, 1.165) is 4.88 Å². The fourth-order valence-electron chi connectivity index (χ4n) is 1.57. The van der Waals surface area contributed by atoms with Crippen molar-refractivity contribution < 1.29 is 13.2 Å². The van der Waals surface area contributed by atoms with Crippen LogP contribution >= 0.6 is 22.9 Å². The predicted octanol–water partition coefficient (Wildman–Crippen LogP) is 2.06. The molecule has 9 heteroatoms. The molecule has 1 aromatic carbocycles. The molecule has 0 unspecified atom stereocenters. The summed E-state index contributed by atoms with van der Waals surface area (Å²) in [4.78, 5) is 4.85. The average molecular weight is 334 g/mol. The summed E-state index contributed by atoms with van der Waals surface area (Å²) in [5, 5.41) is 8.23. The van der Waals surface area contributed by atoms with E-state index in [0.29, 0.717) is 16.7 Å². The zero-order valence-corrected chi connectivity index (χ0v) is 12.8. The highest BCUT2D eigenvalue weighted by molar-refractivity contribution is 7.89. The first-order valence-electron chi connectivity index (χ1n) is 5.45. The van der Waals surface area contributed by atoms with Crippen molar-refractivity contribution >= 4 is 38.6 Å². The third-order valence-electron chi connectivity index (χ3n) is 2.46. The zero-order chi connectivity index (χ0) is 14.8. The summed E-state index contributed by atoms with van der Waals surface area (Å²) in [5.41, 5.74) is 0.707. The Hall–Kier alpha value is -1.35. The van der Waals surface area contributed by atoms with Crippen molar-refractivity contribution in [3.05, 3.63) is 33.7 Å². The second-order valence-corrected chi connectivity index (χ2v) is 7.07. The SMILES string of the molecule is COc1cc(NCc2cnc(Cl)s2)ccc1S(N)(=O)=O. The molecule has 1 heterocycles. The quantitative estimate of drug-likeness (QED) is 0.873. The Bertz CT molecular complexity index is 715. The lowest BCUT2D eigenvalue weighted by atomic mass is 10.3. The number of hydrogen-bond donors (Lipinski definition) is 2. The van der Waals surface area contributed by atoms with Crippen LogP contribution in [0.25, 0.3) is 0 Å². The number of methoxy groups -OCH3 is 1. The van der Waals surface area contributed by atoms with Gasteiger partial charge in [-0.2, -0.15) is 0 Å². The van der Waals surface area contributed by atoms with Crippen molar-refractivity contribution in [3.8, 4) is 5.75 Å². The number of benzene rings is 1. The van der Waals surface area contributed by atoms with Crippen LogP contribution in [-0.4, -0.2) is 20.5 Å². The molecule has 0 saturated heterocycles. The number of thiazole rings is 1. The number of ether oxygens (including phenoxy) is 1. The topological polar surface area (TPSA) is 94.3 Å². The molecule has 1 aromatic heterocycles. The summed E-state index contributed by atoms with van der Waals surface area (Å²) in [6.45, 7) is 0.530. The minimum atomic E-state index is -3.80. The molecule has 0 saturated carbocycles. The monoisotopic (exact) mass is 333 g/mol. The van der Waals surface area contributed by atoms with Gasteiger partial charge in [-0.25, -0.2) is 18.5 Å². The van der Waals surface area contributed by atoms with Crippen molar-refractivity contribution in [2.45, 2.75) is 11.4 Å². The number of halogens is 1. The van der Waals surface area contributed by atoms with Crippen LogP contribution in [0.1, 0.15) is 4.88 Å². The van der Waals surface area contributed by atoms with Gasteiger partial charge in [0.15, 0.2) is 4.47 Å². The largest absolute Gasteiger partial charge is 0.495 e. The lowest BCUT2D eigenvalue weighted by Crippen LogP contribution is -2.13. The molecule has 20 heavy (non-hydrogen) atoms. The van der Waals surface area contributed by atoms with Crippen molar-refractivity contribution in [2.24, 2.45) is 5.14 Å². The summed E-state index contributed by atoms with van der Waals surface area (Å²) in [7, 11) is -2.42. The Kier molecular flexibility index (Phi) is 4.48. The molecule has 0 aliphatic rings. The van der Waals surface area contributed by atoms with E-state index >= 15 is 0 Å². The highest BCUT2D eigenvalue weighted by atomic mass is 35.5. The number of rotatable bonds is 5. The van der Waals surface area contributed by atoms with Gasteiger partial charge in [0.05, 0.1) is 13.7 Å². The minimum absolute atomic E-state index is 0.0496. The Morgan fingerprint density at radius 1 is 1.50 bits per heavy atom. The summed E-state index contributed by atoms with van der Waals surface area (Å²) in [5.74, 6) is 0.194. The van der Waals surface area contributed by atoms with Crippen LogP contribution in [-0.2, 0) is 16.6 Å². The average Bonchev–Trinajstić information content (AvgIpc) is 2.80. The Balaban J connectivity index is 2.18. The van der Waals surface area contributed by atoms with E-state index in [9.17, 15) is 8.42 Å². The molecule has 0 bridgehead atoms. The maximum absolute atomic E-state index is 11.4. The molecule has 0 amide bonds. The van der Waals surface area contributed by atoms with Crippen molar-refractivity contribution in [2.75, 3.05) is 12.4 Å². The number of nitrogens with two attached hydrogens (primary N) is 1. The first-order chi connectivity index (χ1) is 9.40. The van der Waals surface area contributed by atoms with Crippen molar-refractivity contribution in [3.63, 3.8) is 0 Å². The number of primary sulfonamides is 1. The molecular formula is C11H12ClN3O3S2. The molecule has 0 atom stereocenters. The highest BCUT2D eigenvalue weighted by Crippen LogP contribution is 2.27. The Labute approximate surface area is 125 Å². The van der Waals surface area contributed by atoms with E-state index in [4.69, 9.17) is 21.5 Å². The van der Waals surface area contributed by atoms with Gasteiger partial charge in [-0.3, -0.25) is 0 Å². The fraction of sp³-hybridized carbons (Fsp3) is 0.182. The molecule has 6 nitrogen and oxygen atoms in total. The molecule has 2 aromatic rings. The van der Waals surface area contributed by atoms with Crippen molar-refractivity contribution in [1.82, 2.24) is 4.98 Å². The molecular weight excluding hydrogens is 322 g/mol. The number of sulfonamides is 1. The fourth-order valence-corrected chi connectivity index (χ4v) is 3.17. The second-order valence-electron chi connectivity index (χ2n) is 3.84. The summed E-state index contributed by atoms with van der Waals surface area (Å²) in [6, 6.07) is 4.59. The van der Waals surface area contributed by atoms with Crippen LogP contribution in [0.5, 0.6) is 5.75 Å². The standard InChI is InChI=1S/C11H12ClN3O3S2/c1-18-9-4-7(2-3-10(9)20(13,16)17)14-5-8-6-15-11(12)19-8/h2-4,6,14H,5H2,1H3,(H2,13,16,17). The van der Waals surface area contributed by atoms with E-state index in [1.54, 1.807) is 18.3 Å². The number of nitrogens with zero attached hydrogens (tertiary/aromatic N) is 1. The van der Waals surface area contributed by atoms with E-state index < -0.39 is 10.0 Å². The molecule has 0 spiro atoms. The molecule has 3 N–H and O–H groups in total. The van der Waals surface area contributed by atoms with Crippen molar-refractivity contribution in [1.29, 1.82) is 0 Å². The molecule has 0 aliphatic carbocycles. The zero-order valence-electron chi connectivity index (χ0n) is 10.5. The maximum atomic E-state index is 11.4. The molecule has 2 rings (SSSR count). The van der Waals surface area contributed by atoms with Gasteiger partial charge in [0, 0.05) is 22.8 Å². The molecule has 108 valence electrons. The molecule has 0 aliphatic heterocycles. The lowest BCUT2D eigenvalue weighted by molar-refractivity contribution is 0.403.